The molecule has 6 heteroatoms. The van der Waals surface area contributed by atoms with Crippen LogP contribution in [0.1, 0.15) is 11.1 Å². The van der Waals surface area contributed by atoms with Gasteiger partial charge in [-0.05, 0) is 51.8 Å². The summed E-state index contributed by atoms with van der Waals surface area (Å²) < 4.78 is 0.769. The molecule has 1 aliphatic heterocycles. The first-order valence-electron chi connectivity index (χ1n) is 6.26. The number of carbonyl (C=O) groups excluding carboxylic acids is 1. The number of rotatable bonds is 2. The lowest BCUT2D eigenvalue weighted by atomic mass is 10.1. The number of fused-ring (bicyclic) bond motifs is 1. The first-order valence-corrected chi connectivity index (χ1v) is 7.05. The third kappa shape index (κ3) is 2.56. The second-order valence-corrected chi connectivity index (χ2v) is 5.61. The van der Waals surface area contributed by atoms with Crippen molar-refractivity contribution in [3.05, 3.63) is 45.9 Å². The van der Waals surface area contributed by atoms with Crippen molar-refractivity contribution in [2.45, 2.75) is 6.42 Å². The minimum absolute atomic E-state index is 0.0268. The van der Waals surface area contributed by atoms with Crippen LogP contribution in [0.5, 0.6) is 0 Å². The lowest BCUT2D eigenvalue weighted by Gasteiger charge is -2.13. The predicted octanol–water partition coefficient (Wildman–Crippen LogP) is 3.14. The first kappa shape index (κ1) is 13.5. The van der Waals surface area contributed by atoms with Gasteiger partial charge in [-0.1, -0.05) is 0 Å². The maximum absolute atomic E-state index is 11.4. The largest absolute Gasteiger partial charge is 0.397 e. The van der Waals surface area contributed by atoms with Crippen molar-refractivity contribution in [2.75, 3.05) is 16.4 Å². The van der Waals surface area contributed by atoms with Crippen molar-refractivity contribution < 1.29 is 4.79 Å². The van der Waals surface area contributed by atoms with Gasteiger partial charge in [-0.2, -0.15) is 5.26 Å². The van der Waals surface area contributed by atoms with E-state index >= 15 is 0 Å². The van der Waals surface area contributed by atoms with Crippen LogP contribution in [0.15, 0.2) is 34.8 Å². The summed E-state index contributed by atoms with van der Waals surface area (Å²) in [5.74, 6) is -0.0268. The van der Waals surface area contributed by atoms with Crippen LogP contribution in [-0.4, -0.2) is 5.91 Å². The Morgan fingerprint density at radius 1 is 1.29 bits per heavy atom. The van der Waals surface area contributed by atoms with Gasteiger partial charge in [-0.3, -0.25) is 4.79 Å². The van der Waals surface area contributed by atoms with Crippen LogP contribution in [-0.2, 0) is 11.2 Å². The Kier molecular flexibility index (Phi) is 3.28. The predicted molar refractivity (Wildman–Crippen MR) is 85.3 cm³/mol. The van der Waals surface area contributed by atoms with E-state index in [9.17, 15) is 4.79 Å². The summed E-state index contributed by atoms with van der Waals surface area (Å²) in [6.45, 7) is 0. The minimum atomic E-state index is -0.0268. The average molecular weight is 343 g/mol. The number of hydrogen-bond acceptors (Lipinski definition) is 4. The van der Waals surface area contributed by atoms with Gasteiger partial charge in [0.2, 0.25) is 5.91 Å². The van der Waals surface area contributed by atoms with Gasteiger partial charge >= 0.3 is 0 Å². The molecule has 2 aromatic carbocycles. The van der Waals surface area contributed by atoms with Gasteiger partial charge in [-0.25, -0.2) is 0 Å². The van der Waals surface area contributed by atoms with Crippen LogP contribution in [0.2, 0.25) is 0 Å². The molecule has 1 aliphatic rings. The van der Waals surface area contributed by atoms with E-state index in [0.717, 1.165) is 21.4 Å². The number of nitrogen functional groups attached to an aromatic ring is 1. The number of nitrogens with two attached hydrogens (primary N) is 1. The van der Waals surface area contributed by atoms with E-state index in [1.807, 2.05) is 6.07 Å². The molecule has 0 radical (unpaired) electrons. The molecular weight excluding hydrogens is 332 g/mol. The van der Waals surface area contributed by atoms with Crippen molar-refractivity contribution in [1.82, 2.24) is 0 Å². The van der Waals surface area contributed by atoms with Crippen LogP contribution in [0.25, 0.3) is 0 Å². The van der Waals surface area contributed by atoms with Crippen LogP contribution in [0.3, 0.4) is 0 Å². The molecule has 4 N–H and O–H groups in total. The molecule has 0 saturated carbocycles. The second kappa shape index (κ2) is 5.11. The number of nitrogens with one attached hydrogen (secondary N) is 2. The van der Waals surface area contributed by atoms with Crippen LogP contribution < -0.4 is 16.4 Å². The summed E-state index contributed by atoms with van der Waals surface area (Å²) >= 11 is 3.42. The standard InChI is InChI=1S/C15H11BrN4O/c16-10-3-8(7-17)1-2-12(10)19-14-6-13-9(4-11(14)18)5-15(21)20-13/h1-4,6,19H,5,18H2,(H,20,21). The van der Waals surface area contributed by atoms with Gasteiger partial charge in [-0.15, -0.1) is 0 Å². The van der Waals surface area contributed by atoms with E-state index in [2.05, 4.69) is 32.6 Å². The van der Waals surface area contributed by atoms with Crippen molar-refractivity contribution in [2.24, 2.45) is 0 Å². The zero-order valence-electron chi connectivity index (χ0n) is 10.9. The molecule has 0 aliphatic carbocycles. The number of anilines is 4. The third-order valence-corrected chi connectivity index (χ3v) is 3.92. The molecule has 0 unspecified atom stereocenters. The molecule has 21 heavy (non-hydrogen) atoms. The highest BCUT2D eigenvalue weighted by Gasteiger charge is 2.19. The maximum Gasteiger partial charge on any atom is 0.228 e. The average Bonchev–Trinajstić information content (AvgIpc) is 2.80. The highest BCUT2D eigenvalue weighted by atomic mass is 79.9. The Bertz CT molecular complexity index is 795. The van der Waals surface area contributed by atoms with E-state index < -0.39 is 0 Å². The maximum atomic E-state index is 11.4. The Balaban J connectivity index is 1.94. The van der Waals surface area contributed by atoms with Gasteiger partial charge < -0.3 is 16.4 Å². The van der Waals surface area contributed by atoms with Crippen LogP contribution in [0.4, 0.5) is 22.7 Å². The molecule has 0 saturated heterocycles. The molecule has 5 nitrogen and oxygen atoms in total. The number of halogens is 1. The molecule has 1 heterocycles. The Morgan fingerprint density at radius 3 is 2.81 bits per heavy atom. The van der Waals surface area contributed by atoms with Gasteiger partial charge in [0, 0.05) is 10.2 Å². The summed E-state index contributed by atoms with van der Waals surface area (Å²) in [7, 11) is 0. The Labute approximate surface area is 129 Å². The fraction of sp³-hybridized carbons (Fsp3) is 0.0667. The SMILES string of the molecule is N#Cc1ccc(Nc2cc3c(cc2N)CC(=O)N3)c(Br)c1. The highest BCUT2D eigenvalue weighted by Crippen LogP contribution is 2.35. The molecule has 0 spiro atoms. The fourth-order valence-electron chi connectivity index (χ4n) is 2.23. The highest BCUT2D eigenvalue weighted by molar-refractivity contribution is 9.10. The number of amides is 1. The monoisotopic (exact) mass is 342 g/mol. The van der Waals surface area contributed by atoms with E-state index in [-0.39, 0.29) is 5.91 Å². The van der Waals surface area contributed by atoms with Crippen LogP contribution >= 0.6 is 15.9 Å². The molecule has 1 amide bonds. The summed E-state index contributed by atoms with van der Waals surface area (Å²) in [4.78, 5) is 11.4. The van der Waals surface area contributed by atoms with Crippen LogP contribution in [0, 0.1) is 11.3 Å². The Morgan fingerprint density at radius 2 is 2.10 bits per heavy atom. The molecule has 0 bridgehead atoms. The van der Waals surface area contributed by atoms with E-state index in [4.69, 9.17) is 11.0 Å². The van der Waals surface area contributed by atoms with Gasteiger partial charge in [0.25, 0.3) is 0 Å². The smallest absolute Gasteiger partial charge is 0.228 e. The van der Waals surface area contributed by atoms with Gasteiger partial charge in [0.1, 0.15) is 0 Å². The number of nitriles is 1. The number of nitrogens with zero attached hydrogens (tertiary/aromatic N) is 1. The zero-order chi connectivity index (χ0) is 15.0. The molecular formula is C15H11BrN4O. The molecule has 0 atom stereocenters. The third-order valence-electron chi connectivity index (χ3n) is 3.27. The van der Waals surface area contributed by atoms with E-state index in [1.165, 1.54) is 0 Å². The fourth-order valence-corrected chi connectivity index (χ4v) is 2.71. The van der Waals surface area contributed by atoms with Crippen molar-refractivity contribution >= 4 is 44.6 Å². The molecule has 2 aromatic rings. The number of benzene rings is 2. The number of hydrogen-bond donors (Lipinski definition) is 3. The normalized spacial score (nSPS) is 12.5. The summed E-state index contributed by atoms with van der Waals surface area (Å²) in [6.07, 6.45) is 0.361. The molecule has 0 aromatic heterocycles. The molecule has 3 rings (SSSR count). The second-order valence-electron chi connectivity index (χ2n) is 4.75. The number of carbonyl (C=O) groups is 1. The van der Waals surface area contributed by atoms with Crippen molar-refractivity contribution in [3.8, 4) is 6.07 Å². The minimum Gasteiger partial charge on any atom is -0.397 e. The first-order chi connectivity index (χ1) is 10.1. The summed E-state index contributed by atoms with van der Waals surface area (Å²) in [5.41, 5.74) is 10.4. The lowest BCUT2D eigenvalue weighted by molar-refractivity contribution is -0.115. The van der Waals surface area contributed by atoms with Crippen molar-refractivity contribution in [3.63, 3.8) is 0 Å². The van der Waals surface area contributed by atoms with Gasteiger partial charge in [0.15, 0.2) is 0 Å². The van der Waals surface area contributed by atoms with E-state index in [1.54, 1.807) is 24.3 Å². The Hall–Kier alpha value is -2.52. The molecule has 104 valence electrons. The summed E-state index contributed by atoms with van der Waals surface area (Å²) in [6, 6.07) is 10.9. The lowest BCUT2D eigenvalue weighted by Crippen LogP contribution is -2.03. The van der Waals surface area contributed by atoms with Gasteiger partial charge in [0.05, 0.1) is 35.1 Å². The van der Waals surface area contributed by atoms with E-state index in [0.29, 0.717) is 23.4 Å². The quantitative estimate of drug-likeness (QED) is 0.731. The topological polar surface area (TPSA) is 90.9 Å². The zero-order valence-corrected chi connectivity index (χ0v) is 12.5. The summed E-state index contributed by atoms with van der Waals surface area (Å²) in [5, 5.41) is 14.9. The molecule has 0 fully saturated rings. The van der Waals surface area contributed by atoms with Crippen molar-refractivity contribution in [1.29, 1.82) is 5.26 Å².